The summed E-state index contributed by atoms with van der Waals surface area (Å²) in [5.74, 6) is 0.132. The number of cyclic esters (lactones) is 1. The van der Waals surface area contributed by atoms with Crippen LogP contribution >= 0.6 is 0 Å². The highest BCUT2D eigenvalue weighted by atomic mass is 32.2. The highest BCUT2D eigenvalue weighted by Gasteiger charge is 2.34. The molecular weight excluding hydrogens is 316 g/mol. The van der Waals surface area contributed by atoms with Crippen LogP contribution in [0.5, 0.6) is 0 Å². The van der Waals surface area contributed by atoms with Crippen molar-refractivity contribution in [2.24, 2.45) is 0 Å². The van der Waals surface area contributed by atoms with Crippen LogP contribution in [0.3, 0.4) is 0 Å². The minimum absolute atomic E-state index is 0.102. The van der Waals surface area contributed by atoms with Gasteiger partial charge in [-0.25, -0.2) is 17.5 Å². The third-order valence-corrected chi connectivity index (χ3v) is 6.41. The zero-order valence-corrected chi connectivity index (χ0v) is 13.9. The first-order chi connectivity index (χ1) is 11.1. The number of hydrogen-bond donors (Lipinski definition) is 0. The third kappa shape index (κ3) is 3.84. The van der Waals surface area contributed by atoms with Crippen LogP contribution in [0.1, 0.15) is 18.4 Å². The van der Waals surface area contributed by atoms with Crippen molar-refractivity contribution in [1.82, 2.24) is 9.21 Å². The van der Waals surface area contributed by atoms with Crippen molar-refractivity contribution in [3.63, 3.8) is 0 Å². The summed E-state index contributed by atoms with van der Waals surface area (Å²) in [5.41, 5.74) is 1.03. The highest BCUT2D eigenvalue weighted by molar-refractivity contribution is 7.89. The van der Waals surface area contributed by atoms with E-state index in [2.05, 4.69) is 0 Å². The molecule has 0 aromatic heterocycles. The number of aryl methyl sites for hydroxylation is 1. The van der Waals surface area contributed by atoms with Gasteiger partial charge in [0.1, 0.15) is 6.61 Å². The van der Waals surface area contributed by atoms with E-state index in [0.717, 1.165) is 5.56 Å². The van der Waals surface area contributed by atoms with E-state index >= 15 is 0 Å². The number of benzene rings is 1. The van der Waals surface area contributed by atoms with E-state index in [4.69, 9.17) is 4.74 Å². The second-order valence-electron chi connectivity index (χ2n) is 5.99. The molecule has 2 heterocycles. The van der Waals surface area contributed by atoms with Crippen LogP contribution < -0.4 is 0 Å². The number of amides is 1. The molecule has 0 bridgehead atoms. The molecule has 0 spiro atoms. The first-order valence-electron chi connectivity index (χ1n) is 8.01. The normalized spacial score (nSPS) is 20.7. The fourth-order valence-electron chi connectivity index (χ4n) is 3.19. The van der Waals surface area contributed by atoms with Gasteiger partial charge in [-0.05, 0) is 24.8 Å². The van der Waals surface area contributed by atoms with Crippen molar-refractivity contribution in [2.75, 3.05) is 32.0 Å². The van der Waals surface area contributed by atoms with Gasteiger partial charge in [0.15, 0.2) is 0 Å². The molecule has 0 atom stereocenters. The number of ether oxygens (including phenoxy) is 1. The van der Waals surface area contributed by atoms with Crippen LogP contribution in [0.25, 0.3) is 0 Å². The number of rotatable bonds is 5. The molecule has 0 saturated carbocycles. The molecule has 126 valence electrons. The van der Waals surface area contributed by atoms with Crippen LogP contribution in [0, 0.1) is 0 Å². The van der Waals surface area contributed by atoms with Gasteiger partial charge in [0, 0.05) is 19.1 Å². The van der Waals surface area contributed by atoms with Gasteiger partial charge in [-0.3, -0.25) is 0 Å². The number of carbonyl (C=O) groups is 1. The van der Waals surface area contributed by atoms with Crippen molar-refractivity contribution in [2.45, 2.75) is 25.3 Å². The van der Waals surface area contributed by atoms with E-state index in [1.165, 1.54) is 0 Å². The zero-order chi connectivity index (χ0) is 16.3. The maximum Gasteiger partial charge on any atom is 0.410 e. The Bertz CT molecular complexity index is 639. The molecule has 2 fully saturated rings. The second kappa shape index (κ2) is 6.88. The van der Waals surface area contributed by atoms with Crippen molar-refractivity contribution >= 4 is 16.1 Å². The van der Waals surface area contributed by atoms with Gasteiger partial charge in [-0.15, -0.1) is 0 Å². The van der Waals surface area contributed by atoms with Crippen LogP contribution in [-0.4, -0.2) is 61.8 Å². The third-order valence-electron chi connectivity index (χ3n) is 4.54. The smallest absolute Gasteiger partial charge is 0.410 e. The average molecular weight is 338 g/mol. The lowest BCUT2D eigenvalue weighted by Crippen LogP contribution is -2.47. The largest absolute Gasteiger partial charge is 0.448 e. The molecule has 1 aromatic carbocycles. The van der Waals surface area contributed by atoms with Crippen molar-refractivity contribution in [3.05, 3.63) is 35.9 Å². The predicted octanol–water partition coefficient (Wildman–Crippen LogP) is 1.48. The molecule has 6 nitrogen and oxygen atoms in total. The van der Waals surface area contributed by atoms with Crippen LogP contribution in [0.4, 0.5) is 4.79 Å². The van der Waals surface area contributed by atoms with Gasteiger partial charge >= 0.3 is 6.09 Å². The summed E-state index contributed by atoms with van der Waals surface area (Å²) in [5, 5.41) is 0. The van der Waals surface area contributed by atoms with Crippen molar-refractivity contribution in [3.8, 4) is 0 Å². The first-order valence-corrected chi connectivity index (χ1v) is 9.62. The summed E-state index contributed by atoms with van der Waals surface area (Å²) in [4.78, 5) is 13.3. The van der Waals surface area contributed by atoms with Gasteiger partial charge < -0.3 is 9.64 Å². The Kier molecular flexibility index (Phi) is 4.87. The van der Waals surface area contributed by atoms with E-state index in [0.29, 0.717) is 45.5 Å². The van der Waals surface area contributed by atoms with Crippen LogP contribution in [0.2, 0.25) is 0 Å². The Labute approximate surface area is 137 Å². The molecule has 1 amide bonds. The SMILES string of the molecule is O=C1OCCN1C1CCN(S(=O)(=O)CCc2ccccc2)CC1. The Morgan fingerprint density at radius 2 is 1.78 bits per heavy atom. The minimum Gasteiger partial charge on any atom is -0.448 e. The number of sulfonamides is 1. The fourth-order valence-corrected chi connectivity index (χ4v) is 4.71. The molecule has 0 unspecified atom stereocenters. The molecular formula is C16H22N2O4S. The molecule has 1 aromatic rings. The van der Waals surface area contributed by atoms with Crippen molar-refractivity contribution in [1.29, 1.82) is 0 Å². The lowest BCUT2D eigenvalue weighted by atomic mass is 10.1. The maximum absolute atomic E-state index is 12.5. The maximum atomic E-state index is 12.5. The Morgan fingerprint density at radius 1 is 1.09 bits per heavy atom. The van der Waals surface area contributed by atoms with Gasteiger partial charge in [0.25, 0.3) is 0 Å². The Hall–Kier alpha value is -1.60. The quantitative estimate of drug-likeness (QED) is 0.815. The lowest BCUT2D eigenvalue weighted by Gasteiger charge is -2.34. The second-order valence-corrected chi connectivity index (χ2v) is 8.08. The predicted molar refractivity (Wildman–Crippen MR) is 86.6 cm³/mol. The summed E-state index contributed by atoms with van der Waals surface area (Å²) < 4.78 is 31.5. The number of hydrogen-bond acceptors (Lipinski definition) is 4. The fraction of sp³-hybridized carbons (Fsp3) is 0.562. The van der Waals surface area contributed by atoms with Gasteiger partial charge in [0.2, 0.25) is 10.0 Å². The Morgan fingerprint density at radius 3 is 2.39 bits per heavy atom. The Balaban J connectivity index is 1.53. The summed E-state index contributed by atoms with van der Waals surface area (Å²) in [7, 11) is -3.24. The van der Waals surface area contributed by atoms with Crippen molar-refractivity contribution < 1.29 is 17.9 Å². The van der Waals surface area contributed by atoms with Gasteiger partial charge in [-0.2, -0.15) is 0 Å². The van der Waals surface area contributed by atoms with Gasteiger partial charge in [-0.1, -0.05) is 30.3 Å². The molecule has 0 aliphatic carbocycles. The number of piperidine rings is 1. The molecule has 0 N–H and O–H groups in total. The monoisotopic (exact) mass is 338 g/mol. The zero-order valence-electron chi connectivity index (χ0n) is 13.1. The number of carbonyl (C=O) groups excluding carboxylic acids is 1. The summed E-state index contributed by atoms with van der Waals surface area (Å²) in [6.45, 7) is 2.01. The first kappa shape index (κ1) is 16.3. The molecule has 3 rings (SSSR count). The molecule has 2 saturated heterocycles. The van der Waals surface area contributed by atoms with E-state index in [1.54, 1.807) is 9.21 Å². The summed E-state index contributed by atoms with van der Waals surface area (Å²) in [6, 6.07) is 9.75. The van der Waals surface area contributed by atoms with Crippen LogP contribution in [0.15, 0.2) is 30.3 Å². The molecule has 23 heavy (non-hydrogen) atoms. The minimum atomic E-state index is -3.24. The van der Waals surface area contributed by atoms with E-state index in [9.17, 15) is 13.2 Å². The standard InChI is InChI=1S/C16H22N2O4S/c19-16-18(11-12-22-16)15-6-9-17(10-7-15)23(20,21)13-8-14-4-2-1-3-5-14/h1-5,15H,6-13H2. The number of nitrogens with zero attached hydrogens (tertiary/aromatic N) is 2. The van der Waals surface area contributed by atoms with E-state index < -0.39 is 10.0 Å². The molecule has 7 heteroatoms. The molecule has 2 aliphatic heterocycles. The van der Waals surface area contributed by atoms with Gasteiger partial charge in [0.05, 0.1) is 12.3 Å². The average Bonchev–Trinajstić information content (AvgIpc) is 3.00. The lowest BCUT2D eigenvalue weighted by molar-refractivity contribution is 0.134. The van der Waals surface area contributed by atoms with E-state index in [-0.39, 0.29) is 17.9 Å². The molecule has 2 aliphatic rings. The summed E-state index contributed by atoms with van der Waals surface area (Å²) >= 11 is 0. The highest BCUT2D eigenvalue weighted by Crippen LogP contribution is 2.22. The summed E-state index contributed by atoms with van der Waals surface area (Å²) in [6.07, 6.45) is 1.62. The van der Waals surface area contributed by atoms with E-state index in [1.807, 2.05) is 30.3 Å². The topological polar surface area (TPSA) is 66.9 Å². The molecule has 0 radical (unpaired) electrons. The van der Waals surface area contributed by atoms with Crippen LogP contribution in [-0.2, 0) is 21.2 Å².